The molecule has 8 aromatic rings. The van der Waals surface area contributed by atoms with Gasteiger partial charge in [0.1, 0.15) is 0 Å². The average Bonchev–Trinajstić information content (AvgIpc) is 3.36. The third kappa shape index (κ3) is 10.7. The first-order chi connectivity index (χ1) is 32.0. The van der Waals surface area contributed by atoms with E-state index in [1.165, 1.54) is 55.3 Å². The van der Waals surface area contributed by atoms with Crippen molar-refractivity contribution in [1.29, 1.82) is 0 Å². The standard InChI is InChI=1S/C59H60N2P4/c1-48(2)57-44-45-59(3,47-60(62(49-28-12-4-13-29-49)50-30-14-5-15-31-50)63(51-32-16-6-17-33-51)52-34-18-7-19-35-52)46-58(57)61(64(53-36-20-8-21-37-53)54-38-22-9-23-39-54)65(55-40-24-10-25-41-55)56-42-26-11-27-43-56/h4-43,48,57-58H,44-47H2,1-3H3. The third-order valence-corrected chi connectivity index (χ3v) is 23.9. The molecule has 1 aliphatic carbocycles. The van der Waals surface area contributed by atoms with Gasteiger partial charge in [0.25, 0.3) is 0 Å². The molecule has 0 aliphatic heterocycles. The van der Waals surface area contributed by atoms with Gasteiger partial charge >= 0.3 is 0 Å². The largest absolute Gasteiger partial charge is 0.244 e. The van der Waals surface area contributed by atoms with Crippen molar-refractivity contribution in [1.82, 2.24) is 8.88 Å². The summed E-state index contributed by atoms with van der Waals surface area (Å²) >= 11 is 0. The van der Waals surface area contributed by atoms with Crippen LogP contribution in [-0.2, 0) is 0 Å². The summed E-state index contributed by atoms with van der Waals surface area (Å²) in [6.07, 6.45) is 3.47. The summed E-state index contributed by atoms with van der Waals surface area (Å²) in [4.78, 5) is 0. The Labute approximate surface area is 394 Å². The molecule has 0 heterocycles. The van der Waals surface area contributed by atoms with Crippen LogP contribution in [0.3, 0.4) is 0 Å². The van der Waals surface area contributed by atoms with Crippen LogP contribution in [0.25, 0.3) is 0 Å². The van der Waals surface area contributed by atoms with E-state index >= 15 is 0 Å². The van der Waals surface area contributed by atoms with Gasteiger partial charge in [0.05, 0.1) is 0 Å². The summed E-state index contributed by atoms with van der Waals surface area (Å²) in [5.74, 6) is 1.03. The van der Waals surface area contributed by atoms with Crippen LogP contribution in [0.5, 0.6) is 0 Å². The highest BCUT2D eigenvalue weighted by Gasteiger charge is 2.48. The smallest absolute Gasteiger partial charge is 0.0325 e. The van der Waals surface area contributed by atoms with E-state index in [1.54, 1.807) is 0 Å². The molecule has 0 amide bonds. The molecule has 1 fully saturated rings. The van der Waals surface area contributed by atoms with Crippen LogP contribution in [-0.4, -0.2) is 21.5 Å². The van der Waals surface area contributed by atoms with Crippen molar-refractivity contribution in [2.75, 3.05) is 6.54 Å². The van der Waals surface area contributed by atoms with Crippen molar-refractivity contribution in [2.24, 2.45) is 17.3 Å². The fourth-order valence-electron chi connectivity index (χ4n) is 9.75. The van der Waals surface area contributed by atoms with Crippen LogP contribution < -0.4 is 42.4 Å². The lowest BCUT2D eigenvalue weighted by molar-refractivity contribution is 0.0836. The molecular weight excluding hydrogens is 861 g/mol. The molecule has 0 N–H and O–H groups in total. The monoisotopic (exact) mass is 920 g/mol. The summed E-state index contributed by atoms with van der Waals surface area (Å²) in [6.45, 7) is 8.64. The highest BCUT2D eigenvalue weighted by molar-refractivity contribution is 7.85. The normalized spacial score (nSPS) is 17.8. The van der Waals surface area contributed by atoms with Gasteiger partial charge in [0.2, 0.25) is 0 Å². The first-order valence-corrected chi connectivity index (χ1v) is 28.3. The number of nitrogens with zero attached hydrogens (tertiary/aromatic N) is 2. The maximum atomic E-state index is 3.13. The first-order valence-electron chi connectivity index (χ1n) is 23.1. The highest BCUT2D eigenvalue weighted by atomic mass is 31.2. The zero-order chi connectivity index (χ0) is 44.4. The van der Waals surface area contributed by atoms with Gasteiger partial charge in [-0.25, -0.2) is 8.88 Å². The average molecular weight is 921 g/mol. The van der Waals surface area contributed by atoms with Crippen LogP contribution in [0.15, 0.2) is 243 Å². The van der Waals surface area contributed by atoms with Gasteiger partial charge in [0.15, 0.2) is 0 Å². The van der Waals surface area contributed by atoms with E-state index in [0.29, 0.717) is 17.9 Å². The van der Waals surface area contributed by atoms with Gasteiger partial charge in [-0.2, -0.15) is 0 Å². The zero-order valence-corrected chi connectivity index (χ0v) is 41.4. The Morgan fingerprint density at radius 2 is 0.646 bits per heavy atom. The lowest BCUT2D eigenvalue weighted by Crippen LogP contribution is -2.51. The Morgan fingerprint density at radius 1 is 0.400 bits per heavy atom. The molecule has 9 rings (SSSR count). The second-order valence-corrected chi connectivity index (χ2v) is 26.9. The van der Waals surface area contributed by atoms with Gasteiger partial charge in [-0.1, -0.05) is 263 Å². The summed E-state index contributed by atoms with van der Waals surface area (Å²) in [5.41, 5.74) is -0.00858. The molecule has 0 bridgehead atoms. The summed E-state index contributed by atoms with van der Waals surface area (Å²) < 4.78 is 6.15. The van der Waals surface area contributed by atoms with Crippen LogP contribution in [0.2, 0.25) is 0 Å². The minimum atomic E-state index is -0.950. The topological polar surface area (TPSA) is 6.48 Å². The lowest BCUT2D eigenvalue weighted by Gasteiger charge is -2.54. The molecular formula is C59H60N2P4. The zero-order valence-electron chi connectivity index (χ0n) is 37.8. The summed E-state index contributed by atoms with van der Waals surface area (Å²) in [5, 5.41) is 11.3. The minimum absolute atomic E-state index is 0.00858. The van der Waals surface area contributed by atoms with Crippen molar-refractivity contribution in [3.63, 3.8) is 0 Å². The Hall–Kier alpha value is -4.60. The van der Waals surface area contributed by atoms with Crippen LogP contribution in [0, 0.1) is 17.3 Å². The number of hydrogen-bond donors (Lipinski definition) is 0. The first kappa shape index (κ1) is 45.6. The predicted octanol–water partition coefficient (Wildman–Crippen LogP) is 12.6. The molecule has 3 unspecified atom stereocenters. The Balaban J connectivity index is 1.26. The van der Waals surface area contributed by atoms with E-state index in [4.69, 9.17) is 0 Å². The van der Waals surface area contributed by atoms with Crippen LogP contribution in [0.4, 0.5) is 0 Å². The number of benzene rings is 8. The fraction of sp³-hybridized carbons (Fsp3) is 0.186. The minimum Gasteiger partial charge on any atom is -0.244 e. The van der Waals surface area contributed by atoms with E-state index in [9.17, 15) is 0 Å². The molecule has 326 valence electrons. The second-order valence-electron chi connectivity index (χ2n) is 17.8. The summed E-state index contributed by atoms with van der Waals surface area (Å²) in [6, 6.07) is 92.1. The Bertz CT molecular complexity index is 2300. The SMILES string of the molecule is CC(C)C1CCC(C)(CN(P(c2ccccc2)c2ccccc2)P(c2ccccc2)c2ccccc2)CC1N(P(c1ccccc1)c1ccccc1)P(c1ccccc1)c1ccccc1. The van der Waals surface area contributed by atoms with E-state index in [0.717, 1.165) is 13.0 Å². The van der Waals surface area contributed by atoms with E-state index in [-0.39, 0.29) is 5.41 Å². The van der Waals surface area contributed by atoms with E-state index < -0.39 is 32.3 Å². The molecule has 0 saturated heterocycles. The Morgan fingerprint density at radius 3 is 0.892 bits per heavy atom. The predicted molar refractivity (Wildman–Crippen MR) is 289 cm³/mol. The van der Waals surface area contributed by atoms with Gasteiger partial charge in [-0.05, 0) is 78.9 Å². The molecule has 0 radical (unpaired) electrons. The van der Waals surface area contributed by atoms with Crippen molar-refractivity contribution < 1.29 is 0 Å². The van der Waals surface area contributed by atoms with Crippen molar-refractivity contribution in [3.8, 4) is 0 Å². The molecule has 0 spiro atoms. The summed E-state index contributed by atoms with van der Waals surface area (Å²) in [7, 11) is -3.75. The molecule has 65 heavy (non-hydrogen) atoms. The van der Waals surface area contributed by atoms with Crippen molar-refractivity contribution in [2.45, 2.75) is 46.1 Å². The van der Waals surface area contributed by atoms with Gasteiger partial charge < -0.3 is 0 Å². The Kier molecular flexibility index (Phi) is 15.3. The number of rotatable bonds is 16. The molecule has 8 aromatic carbocycles. The van der Waals surface area contributed by atoms with E-state index in [1.807, 2.05) is 0 Å². The van der Waals surface area contributed by atoms with Crippen LogP contribution in [0.1, 0.15) is 40.0 Å². The molecule has 1 saturated carbocycles. The van der Waals surface area contributed by atoms with Crippen LogP contribution >= 0.6 is 32.3 Å². The molecule has 6 heteroatoms. The second kappa shape index (κ2) is 21.8. The fourth-order valence-corrected chi connectivity index (χ4v) is 22.6. The molecule has 2 nitrogen and oxygen atoms in total. The number of hydrogen-bond acceptors (Lipinski definition) is 2. The maximum absolute atomic E-state index is 3.13. The quantitative estimate of drug-likeness (QED) is 0.0891. The van der Waals surface area contributed by atoms with Gasteiger partial charge in [-0.15, -0.1) is 0 Å². The lowest BCUT2D eigenvalue weighted by atomic mass is 9.66. The van der Waals surface area contributed by atoms with Gasteiger partial charge in [-0.3, -0.25) is 0 Å². The third-order valence-electron chi connectivity index (χ3n) is 12.8. The van der Waals surface area contributed by atoms with E-state index in [2.05, 4.69) is 272 Å². The van der Waals surface area contributed by atoms with Gasteiger partial charge in [0, 0.05) is 44.9 Å². The molecule has 1 aliphatic rings. The van der Waals surface area contributed by atoms with Crippen molar-refractivity contribution in [3.05, 3.63) is 243 Å². The highest BCUT2D eigenvalue weighted by Crippen LogP contribution is 2.63. The molecule has 3 atom stereocenters. The molecule has 0 aromatic heterocycles. The van der Waals surface area contributed by atoms with Crippen molar-refractivity contribution >= 4 is 74.7 Å². The maximum Gasteiger partial charge on any atom is 0.0325 e.